The summed E-state index contributed by atoms with van der Waals surface area (Å²) in [6.07, 6.45) is -0.779. The molecule has 2 heterocycles. The summed E-state index contributed by atoms with van der Waals surface area (Å²) in [4.78, 5) is 27.9. The van der Waals surface area contributed by atoms with Gasteiger partial charge in [-0.15, -0.1) is 0 Å². The predicted molar refractivity (Wildman–Crippen MR) is 113 cm³/mol. The first-order valence-electron chi connectivity index (χ1n) is 9.71. The maximum atomic E-state index is 12.1. The van der Waals surface area contributed by atoms with E-state index in [-0.39, 0.29) is 17.0 Å². The standard InChI is InChI=1S/C15H15NO4S.C6H15N/c1-7-3-5-9(6-4-7)12-11(15(19)20)16-13(18)10(8(2)17)14(16)21-12;1-4-7(5-2)6-3/h3-6,8,10,14,17H,1-2H3,(H,19,20);4-6H2,1-3H3/t8-,10+,14-;/m1./s1. The average molecular weight is 407 g/mol. The molecule has 2 aliphatic heterocycles. The van der Waals surface area contributed by atoms with Crippen LogP contribution in [0.5, 0.6) is 0 Å². The summed E-state index contributed by atoms with van der Waals surface area (Å²) in [5.41, 5.74) is 1.89. The minimum Gasteiger partial charge on any atom is -0.477 e. The van der Waals surface area contributed by atoms with Gasteiger partial charge in [0.15, 0.2) is 0 Å². The number of carboxylic acids is 1. The summed E-state index contributed by atoms with van der Waals surface area (Å²) in [6.45, 7) is 13.6. The van der Waals surface area contributed by atoms with Crippen LogP contribution in [0, 0.1) is 12.8 Å². The van der Waals surface area contributed by atoms with Crippen LogP contribution < -0.4 is 0 Å². The van der Waals surface area contributed by atoms with E-state index in [2.05, 4.69) is 25.7 Å². The Balaban J connectivity index is 0.000000345. The Kier molecular flexibility index (Phi) is 7.69. The van der Waals surface area contributed by atoms with Crippen molar-refractivity contribution in [1.29, 1.82) is 0 Å². The van der Waals surface area contributed by atoms with E-state index in [1.807, 2.05) is 31.2 Å². The average Bonchev–Trinajstić information content (AvgIpc) is 2.99. The van der Waals surface area contributed by atoms with Crippen molar-refractivity contribution in [3.63, 3.8) is 0 Å². The number of hydrogen-bond donors (Lipinski definition) is 2. The molecular weight excluding hydrogens is 376 g/mol. The molecule has 1 amide bonds. The summed E-state index contributed by atoms with van der Waals surface area (Å²) in [6, 6.07) is 7.53. The molecule has 0 spiro atoms. The molecule has 2 N–H and O–H groups in total. The van der Waals surface area contributed by atoms with Crippen molar-refractivity contribution < 1.29 is 19.8 Å². The number of hydrogen-bond acceptors (Lipinski definition) is 5. The lowest BCUT2D eigenvalue weighted by Gasteiger charge is -2.43. The number of amides is 1. The van der Waals surface area contributed by atoms with E-state index in [1.165, 1.54) is 36.3 Å². The number of aliphatic carboxylic acids is 1. The van der Waals surface area contributed by atoms with Gasteiger partial charge in [0, 0.05) is 4.91 Å². The number of nitrogens with zero attached hydrogens (tertiary/aromatic N) is 2. The molecule has 3 atom stereocenters. The zero-order valence-electron chi connectivity index (χ0n) is 17.2. The highest BCUT2D eigenvalue weighted by atomic mass is 32.2. The molecule has 0 unspecified atom stereocenters. The van der Waals surface area contributed by atoms with Crippen molar-refractivity contribution in [2.75, 3.05) is 19.6 Å². The van der Waals surface area contributed by atoms with Crippen LogP contribution >= 0.6 is 11.8 Å². The largest absolute Gasteiger partial charge is 0.477 e. The fourth-order valence-corrected chi connectivity index (χ4v) is 4.98. The first-order valence-corrected chi connectivity index (χ1v) is 10.6. The Morgan fingerprint density at radius 1 is 1.18 bits per heavy atom. The number of rotatable bonds is 6. The lowest BCUT2D eigenvalue weighted by molar-refractivity contribution is -0.156. The highest BCUT2D eigenvalue weighted by Gasteiger charge is 2.57. The summed E-state index contributed by atoms with van der Waals surface area (Å²) < 4.78 is 0. The van der Waals surface area contributed by atoms with Gasteiger partial charge in [-0.25, -0.2) is 4.79 Å². The van der Waals surface area contributed by atoms with Crippen LogP contribution in [-0.2, 0) is 9.59 Å². The van der Waals surface area contributed by atoms with Gasteiger partial charge < -0.3 is 15.1 Å². The molecular formula is C21H30N2O4S. The molecule has 6 nitrogen and oxygen atoms in total. The smallest absolute Gasteiger partial charge is 0.353 e. The summed E-state index contributed by atoms with van der Waals surface area (Å²) in [7, 11) is 0. The Bertz CT molecular complexity index is 736. The number of carboxylic acid groups (broad SMARTS) is 1. The fraction of sp³-hybridized carbons (Fsp3) is 0.524. The van der Waals surface area contributed by atoms with Gasteiger partial charge in [-0.1, -0.05) is 62.4 Å². The molecule has 0 aliphatic carbocycles. The van der Waals surface area contributed by atoms with E-state index in [9.17, 15) is 19.8 Å². The van der Waals surface area contributed by atoms with E-state index in [0.717, 1.165) is 11.1 Å². The van der Waals surface area contributed by atoms with Gasteiger partial charge in [0.2, 0.25) is 5.91 Å². The number of aryl methyl sites for hydroxylation is 1. The van der Waals surface area contributed by atoms with E-state index in [0.29, 0.717) is 4.91 Å². The second kappa shape index (κ2) is 9.58. The van der Waals surface area contributed by atoms with Crippen molar-refractivity contribution in [2.24, 2.45) is 5.92 Å². The lowest BCUT2D eigenvalue weighted by atomic mass is 9.92. The van der Waals surface area contributed by atoms with Gasteiger partial charge in [0.1, 0.15) is 11.1 Å². The van der Waals surface area contributed by atoms with Crippen LogP contribution in [0.1, 0.15) is 38.8 Å². The van der Waals surface area contributed by atoms with Gasteiger partial charge in [0.25, 0.3) is 0 Å². The Morgan fingerprint density at radius 2 is 1.71 bits per heavy atom. The van der Waals surface area contributed by atoms with Crippen molar-refractivity contribution in [3.05, 3.63) is 41.1 Å². The minimum atomic E-state index is -1.11. The van der Waals surface area contributed by atoms with E-state index < -0.39 is 18.0 Å². The van der Waals surface area contributed by atoms with E-state index in [4.69, 9.17) is 0 Å². The number of thioether (sulfide) groups is 1. The maximum Gasteiger partial charge on any atom is 0.353 e. The van der Waals surface area contributed by atoms with Crippen LogP contribution in [0.2, 0.25) is 0 Å². The van der Waals surface area contributed by atoms with Gasteiger partial charge >= 0.3 is 5.97 Å². The van der Waals surface area contributed by atoms with Gasteiger partial charge in [0.05, 0.1) is 12.0 Å². The fourth-order valence-electron chi connectivity index (χ4n) is 3.36. The molecule has 7 heteroatoms. The molecule has 2 aliphatic rings. The monoisotopic (exact) mass is 406 g/mol. The molecule has 154 valence electrons. The number of aliphatic hydroxyl groups excluding tert-OH is 1. The molecule has 0 aromatic heterocycles. The zero-order valence-corrected chi connectivity index (χ0v) is 18.0. The molecule has 0 bridgehead atoms. The van der Waals surface area contributed by atoms with E-state index in [1.54, 1.807) is 6.92 Å². The second-order valence-corrected chi connectivity index (χ2v) is 8.08. The van der Waals surface area contributed by atoms with Gasteiger partial charge in [-0.05, 0) is 39.0 Å². The van der Waals surface area contributed by atoms with Crippen LogP contribution in [0.3, 0.4) is 0 Å². The Labute approximate surface area is 171 Å². The Hall–Kier alpha value is -1.83. The molecule has 28 heavy (non-hydrogen) atoms. The quantitative estimate of drug-likeness (QED) is 0.707. The molecule has 1 fully saturated rings. The topological polar surface area (TPSA) is 81.1 Å². The number of benzene rings is 1. The van der Waals surface area contributed by atoms with E-state index >= 15 is 0 Å². The first kappa shape index (κ1) is 22.5. The summed E-state index contributed by atoms with van der Waals surface area (Å²) in [5.74, 6) is -1.97. The van der Waals surface area contributed by atoms with Crippen molar-refractivity contribution in [1.82, 2.24) is 9.80 Å². The van der Waals surface area contributed by atoms with Crippen LogP contribution in [0.25, 0.3) is 4.91 Å². The third-order valence-electron chi connectivity index (χ3n) is 5.16. The van der Waals surface area contributed by atoms with Crippen LogP contribution in [0.15, 0.2) is 30.0 Å². The van der Waals surface area contributed by atoms with Crippen LogP contribution in [-0.4, -0.2) is 63.0 Å². The Morgan fingerprint density at radius 3 is 2.11 bits per heavy atom. The molecule has 1 aromatic rings. The minimum absolute atomic E-state index is 0.0238. The normalized spacial score (nSPS) is 21.8. The number of aliphatic hydroxyl groups is 1. The van der Waals surface area contributed by atoms with Crippen molar-refractivity contribution >= 4 is 28.5 Å². The zero-order chi connectivity index (χ0) is 21.0. The number of carbonyl (C=O) groups excluding carboxylic acids is 1. The third kappa shape index (κ3) is 4.42. The number of carbonyl (C=O) groups is 2. The number of fused-ring (bicyclic) bond motifs is 1. The number of β-lactam (4-membered cyclic amide) rings is 1. The molecule has 3 rings (SSSR count). The SMILES string of the molecule is CCN(CC)CC.Cc1ccc(C2=C(C(=O)O)N3C(=O)[C@H]([C@@H](C)O)[C@H]3S2)cc1. The van der Waals surface area contributed by atoms with Gasteiger partial charge in [-0.3, -0.25) is 9.69 Å². The molecule has 0 radical (unpaired) electrons. The lowest BCUT2D eigenvalue weighted by Crippen LogP contribution is -2.60. The van der Waals surface area contributed by atoms with Crippen LogP contribution in [0.4, 0.5) is 0 Å². The predicted octanol–water partition coefficient (Wildman–Crippen LogP) is 3.01. The molecule has 1 aromatic carbocycles. The first-order chi connectivity index (χ1) is 13.3. The molecule has 0 saturated carbocycles. The third-order valence-corrected chi connectivity index (χ3v) is 6.57. The molecule has 1 saturated heterocycles. The summed E-state index contributed by atoms with van der Waals surface area (Å²) in [5, 5.41) is 18.8. The second-order valence-electron chi connectivity index (χ2n) is 6.95. The van der Waals surface area contributed by atoms with Crippen molar-refractivity contribution in [2.45, 2.75) is 46.1 Å². The summed E-state index contributed by atoms with van der Waals surface area (Å²) >= 11 is 1.34. The van der Waals surface area contributed by atoms with Gasteiger partial charge in [-0.2, -0.15) is 0 Å². The highest BCUT2D eigenvalue weighted by Crippen LogP contribution is 2.53. The van der Waals surface area contributed by atoms with Crippen molar-refractivity contribution in [3.8, 4) is 0 Å². The highest BCUT2D eigenvalue weighted by molar-refractivity contribution is 8.09. The maximum absolute atomic E-state index is 12.1.